The number of hydrogen-bond donors (Lipinski definition) is 1. The number of nitrogens with one attached hydrogen (secondary N) is 1. The number of carbonyl (C=O) groups excluding carboxylic acids is 2. The lowest BCUT2D eigenvalue weighted by molar-refractivity contribution is -0.132. The zero-order valence-electron chi connectivity index (χ0n) is 12.9. The molecule has 1 N–H and O–H groups in total. The van der Waals surface area contributed by atoms with E-state index >= 15 is 0 Å². The maximum atomic E-state index is 13.1. The number of nitrogens with zero attached hydrogens (tertiary/aromatic N) is 2. The third kappa shape index (κ3) is 2.13. The molecule has 1 aromatic heterocycles. The van der Waals surface area contributed by atoms with Gasteiger partial charge in [0.05, 0.1) is 18.2 Å². The predicted molar refractivity (Wildman–Crippen MR) is 89.2 cm³/mol. The highest BCUT2D eigenvalue weighted by Crippen LogP contribution is 2.42. The van der Waals surface area contributed by atoms with Crippen LogP contribution in [-0.4, -0.2) is 16.8 Å². The first-order chi connectivity index (χ1) is 11.6. The Morgan fingerprint density at radius 3 is 3.04 bits per heavy atom. The van der Waals surface area contributed by atoms with Gasteiger partial charge in [0, 0.05) is 10.4 Å². The van der Waals surface area contributed by atoms with Crippen LogP contribution in [-0.2, 0) is 23.3 Å². The fraction of sp³-hybridized carbons (Fsp3) is 0.278. The van der Waals surface area contributed by atoms with Crippen LogP contribution in [0, 0.1) is 11.3 Å². The lowest BCUT2D eigenvalue weighted by atomic mass is 9.80. The molecule has 1 aliphatic carbocycles. The van der Waals surface area contributed by atoms with Crippen molar-refractivity contribution in [2.45, 2.75) is 31.3 Å². The van der Waals surface area contributed by atoms with E-state index in [0.717, 1.165) is 24.0 Å². The molecule has 0 radical (unpaired) electrons. The Balaban J connectivity index is 1.67. The Morgan fingerprint density at radius 2 is 2.21 bits per heavy atom. The van der Waals surface area contributed by atoms with Crippen molar-refractivity contribution in [1.82, 2.24) is 10.2 Å². The van der Waals surface area contributed by atoms with Crippen LogP contribution in [0.1, 0.15) is 34.4 Å². The Labute approximate surface area is 143 Å². The number of fused-ring (bicyclic) bond motifs is 2. The summed E-state index contributed by atoms with van der Waals surface area (Å²) >= 11 is 1.64. The molecule has 1 aliphatic heterocycles. The van der Waals surface area contributed by atoms with Gasteiger partial charge in [0.15, 0.2) is 0 Å². The molecule has 1 atom stereocenters. The van der Waals surface area contributed by atoms with Gasteiger partial charge in [-0.1, -0.05) is 12.1 Å². The van der Waals surface area contributed by atoms with Crippen LogP contribution in [0.3, 0.4) is 0 Å². The molecule has 120 valence electrons. The minimum absolute atomic E-state index is 0.182. The highest BCUT2D eigenvalue weighted by Gasteiger charge is 2.54. The maximum absolute atomic E-state index is 13.1. The molecule has 1 spiro atoms. The Bertz CT molecular complexity index is 882. The van der Waals surface area contributed by atoms with Crippen molar-refractivity contribution < 1.29 is 9.59 Å². The van der Waals surface area contributed by atoms with E-state index in [1.807, 2.05) is 17.5 Å². The van der Waals surface area contributed by atoms with Gasteiger partial charge in [-0.2, -0.15) is 5.26 Å². The largest absolute Gasteiger partial charge is 0.325 e. The third-order valence-electron chi connectivity index (χ3n) is 4.73. The molecule has 2 aliphatic rings. The number of urea groups is 1. The summed E-state index contributed by atoms with van der Waals surface area (Å²) < 4.78 is 0. The zero-order chi connectivity index (χ0) is 16.7. The number of benzene rings is 1. The van der Waals surface area contributed by atoms with E-state index in [1.54, 1.807) is 29.5 Å². The van der Waals surface area contributed by atoms with E-state index in [2.05, 4.69) is 11.4 Å². The molecule has 4 rings (SSSR count). The molecule has 6 heteroatoms. The highest BCUT2D eigenvalue weighted by atomic mass is 32.1. The Hall–Kier alpha value is -2.65. The minimum atomic E-state index is -0.905. The molecule has 24 heavy (non-hydrogen) atoms. The van der Waals surface area contributed by atoms with Crippen molar-refractivity contribution in [3.05, 3.63) is 57.3 Å². The normalized spacial score (nSPS) is 22.4. The van der Waals surface area contributed by atoms with Crippen molar-refractivity contribution in [2.24, 2.45) is 0 Å². The minimum Gasteiger partial charge on any atom is -0.319 e. The van der Waals surface area contributed by atoms with Gasteiger partial charge >= 0.3 is 6.03 Å². The van der Waals surface area contributed by atoms with Crippen molar-refractivity contribution in [2.75, 3.05) is 0 Å². The number of rotatable bonds is 2. The molecule has 0 saturated carbocycles. The average Bonchev–Trinajstić information content (AvgIpc) is 3.16. The second-order valence-corrected chi connectivity index (χ2v) is 7.15. The quantitative estimate of drug-likeness (QED) is 0.856. The molecule has 2 aromatic rings. The standard InChI is InChI=1S/C18H15N3O2S/c19-10-12-3-1-4-13(9-12)11-21-16(22)18(20-17(21)23)7-2-5-15-14(18)6-8-24-15/h1,3-4,6,8-9H,2,5,7,11H2,(H,20,23). The summed E-state index contributed by atoms with van der Waals surface area (Å²) in [4.78, 5) is 28.0. The number of carbonyl (C=O) groups is 2. The summed E-state index contributed by atoms with van der Waals surface area (Å²) in [6, 6.07) is 10.7. The third-order valence-corrected chi connectivity index (χ3v) is 5.71. The first-order valence-corrected chi connectivity index (χ1v) is 8.72. The summed E-state index contributed by atoms with van der Waals surface area (Å²) in [6.07, 6.45) is 2.48. The zero-order valence-corrected chi connectivity index (χ0v) is 13.7. The van der Waals surface area contributed by atoms with E-state index in [-0.39, 0.29) is 18.5 Å². The molecule has 1 aromatic carbocycles. The number of nitriles is 1. The predicted octanol–water partition coefficient (Wildman–Crippen LogP) is 2.90. The van der Waals surface area contributed by atoms with Crippen molar-refractivity contribution in [3.8, 4) is 6.07 Å². The van der Waals surface area contributed by atoms with Crippen molar-refractivity contribution in [1.29, 1.82) is 5.26 Å². The lowest BCUT2D eigenvalue weighted by Crippen LogP contribution is -2.46. The van der Waals surface area contributed by atoms with Gasteiger partial charge in [-0.3, -0.25) is 9.69 Å². The Kier molecular flexibility index (Phi) is 3.39. The van der Waals surface area contributed by atoms with Crippen molar-refractivity contribution >= 4 is 23.3 Å². The molecule has 1 saturated heterocycles. The molecule has 2 heterocycles. The maximum Gasteiger partial charge on any atom is 0.325 e. The molecule has 3 amide bonds. The molecule has 1 unspecified atom stereocenters. The fourth-order valence-electron chi connectivity index (χ4n) is 3.61. The first kappa shape index (κ1) is 14.9. The second-order valence-electron chi connectivity index (χ2n) is 6.15. The van der Waals surface area contributed by atoms with Crippen LogP contribution in [0.25, 0.3) is 0 Å². The van der Waals surface area contributed by atoms with E-state index in [4.69, 9.17) is 5.26 Å². The van der Waals surface area contributed by atoms with E-state index in [0.29, 0.717) is 12.0 Å². The summed E-state index contributed by atoms with van der Waals surface area (Å²) in [7, 11) is 0. The smallest absolute Gasteiger partial charge is 0.319 e. The van der Waals surface area contributed by atoms with Crippen LogP contribution < -0.4 is 5.32 Å². The number of imide groups is 1. The van der Waals surface area contributed by atoms with E-state index in [1.165, 1.54) is 9.78 Å². The summed E-state index contributed by atoms with van der Waals surface area (Å²) in [5.41, 5.74) is 1.34. The van der Waals surface area contributed by atoms with Gasteiger partial charge in [0.1, 0.15) is 5.54 Å². The van der Waals surface area contributed by atoms with Gasteiger partial charge in [-0.15, -0.1) is 11.3 Å². The Morgan fingerprint density at radius 1 is 1.33 bits per heavy atom. The molecular weight excluding hydrogens is 322 g/mol. The lowest BCUT2D eigenvalue weighted by Gasteiger charge is -2.31. The van der Waals surface area contributed by atoms with Gasteiger partial charge in [-0.25, -0.2) is 4.79 Å². The highest BCUT2D eigenvalue weighted by molar-refractivity contribution is 7.10. The first-order valence-electron chi connectivity index (χ1n) is 7.84. The van der Waals surface area contributed by atoms with Crippen LogP contribution in [0.15, 0.2) is 35.7 Å². The molecular formula is C18H15N3O2S. The topological polar surface area (TPSA) is 73.2 Å². The summed E-state index contributed by atoms with van der Waals surface area (Å²) in [6.45, 7) is 0.182. The van der Waals surface area contributed by atoms with Crippen LogP contribution >= 0.6 is 11.3 Å². The van der Waals surface area contributed by atoms with E-state index in [9.17, 15) is 9.59 Å². The number of aryl methyl sites for hydroxylation is 1. The monoisotopic (exact) mass is 337 g/mol. The second kappa shape index (κ2) is 5.46. The van der Waals surface area contributed by atoms with Crippen LogP contribution in [0.4, 0.5) is 4.79 Å². The van der Waals surface area contributed by atoms with E-state index < -0.39 is 5.54 Å². The molecule has 0 bridgehead atoms. The van der Waals surface area contributed by atoms with Gasteiger partial charge in [0.2, 0.25) is 0 Å². The number of amides is 3. The fourth-order valence-corrected chi connectivity index (χ4v) is 4.61. The number of hydrogen-bond acceptors (Lipinski definition) is 4. The summed E-state index contributed by atoms with van der Waals surface area (Å²) in [5.74, 6) is -0.186. The van der Waals surface area contributed by atoms with Gasteiger partial charge in [0.25, 0.3) is 5.91 Å². The molecule has 1 fully saturated rings. The molecule has 5 nitrogen and oxygen atoms in total. The van der Waals surface area contributed by atoms with Crippen LogP contribution in [0.2, 0.25) is 0 Å². The van der Waals surface area contributed by atoms with Gasteiger partial charge < -0.3 is 5.32 Å². The summed E-state index contributed by atoms with van der Waals surface area (Å²) in [5, 5.41) is 13.9. The van der Waals surface area contributed by atoms with Crippen LogP contribution in [0.5, 0.6) is 0 Å². The average molecular weight is 337 g/mol. The SMILES string of the molecule is N#Cc1cccc(CN2C(=O)NC3(CCCc4sccc43)C2=O)c1. The van der Waals surface area contributed by atoms with Crippen molar-refractivity contribution in [3.63, 3.8) is 0 Å². The number of thiophene rings is 1. The van der Waals surface area contributed by atoms with Gasteiger partial charge in [-0.05, 0) is 48.4 Å².